The topological polar surface area (TPSA) is 43.1 Å². The monoisotopic (exact) mass is 227 g/mol. The minimum absolute atomic E-state index is 0.415. The molecule has 2 heteroatoms. The van der Waals surface area contributed by atoms with E-state index in [0.717, 1.165) is 11.1 Å². The molecule has 0 aromatic heterocycles. The van der Waals surface area contributed by atoms with Crippen molar-refractivity contribution in [1.82, 2.24) is 0 Å². The first-order valence-electron chi connectivity index (χ1n) is 5.45. The largest absolute Gasteiger partial charge is 0.366 e. The lowest BCUT2D eigenvalue weighted by Gasteiger charge is -2.04. The number of carbonyl (C=O) groups is 1. The predicted molar refractivity (Wildman–Crippen MR) is 72.3 cm³/mol. The van der Waals surface area contributed by atoms with Gasteiger partial charge in [0.2, 0.25) is 5.91 Å². The zero-order chi connectivity index (χ0) is 12.8. The molecule has 0 radical (unpaired) electrons. The third kappa shape index (κ3) is 3.45. The van der Waals surface area contributed by atoms with Crippen molar-refractivity contribution < 1.29 is 4.79 Å². The maximum absolute atomic E-state index is 11.1. The molecule has 0 atom stereocenters. The first-order valence-corrected chi connectivity index (χ1v) is 5.45. The third-order valence-electron chi connectivity index (χ3n) is 2.51. The molecular formula is C15H17NO. The van der Waals surface area contributed by atoms with E-state index in [-0.39, 0.29) is 0 Å². The molecule has 0 unspecified atom stereocenters. The molecule has 1 rings (SSSR count). The number of hydrogen-bond donors (Lipinski definition) is 1. The number of rotatable bonds is 4. The summed E-state index contributed by atoms with van der Waals surface area (Å²) in [4.78, 5) is 11.1. The van der Waals surface area contributed by atoms with Crippen LogP contribution in [0.25, 0.3) is 5.57 Å². The van der Waals surface area contributed by atoms with Crippen LogP contribution >= 0.6 is 0 Å². The van der Waals surface area contributed by atoms with Crippen LogP contribution in [0, 0.1) is 6.92 Å². The molecule has 0 saturated heterocycles. The Hall–Kier alpha value is -2.09. The van der Waals surface area contributed by atoms with Gasteiger partial charge in [-0.15, -0.1) is 0 Å². The van der Waals surface area contributed by atoms with Gasteiger partial charge < -0.3 is 5.73 Å². The molecular weight excluding hydrogens is 210 g/mol. The Labute approximate surface area is 102 Å². The lowest BCUT2D eigenvalue weighted by molar-refractivity contribution is -0.114. The van der Waals surface area contributed by atoms with Crippen LogP contribution < -0.4 is 5.73 Å². The van der Waals surface area contributed by atoms with Gasteiger partial charge in [-0.05, 0) is 31.1 Å². The summed E-state index contributed by atoms with van der Waals surface area (Å²) in [5.74, 6) is -0.466. The first kappa shape index (κ1) is 13.0. The summed E-state index contributed by atoms with van der Waals surface area (Å²) in [6.45, 7) is 7.54. The van der Waals surface area contributed by atoms with Crippen LogP contribution in [-0.2, 0) is 4.79 Å². The van der Waals surface area contributed by atoms with Gasteiger partial charge >= 0.3 is 0 Å². The van der Waals surface area contributed by atoms with Crippen molar-refractivity contribution in [3.8, 4) is 0 Å². The van der Waals surface area contributed by atoms with Gasteiger partial charge in [-0.2, -0.15) is 0 Å². The average Bonchev–Trinajstić information content (AvgIpc) is 2.32. The maximum atomic E-state index is 11.1. The SMILES string of the molecule is C=C/C(=C\C(=C/C)c1ccc(C)cc1)C(N)=O. The van der Waals surface area contributed by atoms with E-state index in [9.17, 15) is 4.79 Å². The Bertz CT molecular complexity index is 478. The summed E-state index contributed by atoms with van der Waals surface area (Å²) in [7, 11) is 0. The second-order valence-corrected chi connectivity index (χ2v) is 3.78. The number of allylic oxidation sites excluding steroid dienone is 3. The van der Waals surface area contributed by atoms with Crippen LogP contribution in [0.4, 0.5) is 0 Å². The lowest BCUT2D eigenvalue weighted by atomic mass is 10.0. The summed E-state index contributed by atoms with van der Waals surface area (Å²) >= 11 is 0. The van der Waals surface area contributed by atoms with E-state index >= 15 is 0 Å². The number of nitrogens with two attached hydrogens (primary N) is 1. The Kier molecular flexibility index (Phi) is 4.46. The van der Waals surface area contributed by atoms with Crippen LogP contribution in [0.2, 0.25) is 0 Å². The molecule has 0 spiro atoms. The fraction of sp³-hybridized carbons (Fsp3) is 0.133. The van der Waals surface area contributed by atoms with E-state index in [2.05, 4.69) is 6.58 Å². The Morgan fingerprint density at radius 2 is 1.88 bits per heavy atom. The fourth-order valence-electron chi connectivity index (χ4n) is 1.48. The van der Waals surface area contributed by atoms with Gasteiger partial charge in [-0.1, -0.05) is 48.6 Å². The van der Waals surface area contributed by atoms with Gasteiger partial charge in [0.05, 0.1) is 0 Å². The van der Waals surface area contributed by atoms with Crippen LogP contribution in [0.1, 0.15) is 18.1 Å². The first-order chi connectivity index (χ1) is 8.08. The van der Waals surface area contributed by atoms with Gasteiger partial charge in [-0.3, -0.25) is 4.79 Å². The normalized spacial score (nSPS) is 12.4. The Balaban J connectivity index is 3.13. The molecule has 2 N–H and O–H groups in total. The summed E-state index contributed by atoms with van der Waals surface area (Å²) in [6.07, 6.45) is 5.16. The smallest absolute Gasteiger partial charge is 0.248 e. The van der Waals surface area contributed by atoms with Crippen LogP contribution in [0.3, 0.4) is 0 Å². The fourth-order valence-corrected chi connectivity index (χ4v) is 1.48. The number of aryl methyl sites for hydroxylation is 1. The van der Waals surface area contributed by atoms with Crippen molar-refractivity contribution in [1.29, 1.82) is 0 Å². The molecule has 1 amide bonds. The molecule has 0 aliphatic carbocycles. The van der Waals surface area contributed by atoms with E-state index < -0.39 is 5.91 Å². The standard InChI is InChI=1S/C15H17NO/c1-4-12(10-13(5-2)15(16)17)14-8-6-11(3)7-9-14/h4-10H,2H2,1,3H3,(H2,16,17)/b12-4+,13-10+. The van der Waals surface area contributed by atoms with Crippen LogP contribution in [0.5, 0.6) is 0 Å². The summed E-state index contributed by atoms with van der Waals surface area (Å²) in [5, 5.41) is 0. The number of carbonyl (C=O) groups excluding carboxylic acids is 1. The molecule has 1 aromatic rings. The summed E-state index contributed by atoms with van der Waals surface area (Å²) in [5.41, 5.74) is 8.87. The van der Waals surface area contributed by atoms with Gasteiger partial charge in [0.1, 0.15) is 0 Å². The molecule has 1 aromatic carbocycles. The van der Waals surface area contributed by atoms with Crippen molar-refractivity contribution in [2.24, 2.45) is 5.73 Å². The van der Waals surface area contributed by atoms with Crippen LogP contribution in [0.15, 0.2) is 54.6 Å². The quantitative estimate of drug-likeness (QED) is 0.623. The third-order valence-corrected chi connectivity index (χ3v) is 2.51. The highest BCUT2D eigenvalue weighted by Gasteiger charge is 2.03. The van der Waals surface area contributed by atoms with Crippen molar-refractivity contribution >= 4 is 11.5 Å². The van der Waals surface area contributed by atoms with Crippen molar-refractivity contribution in [2.45, 2.75) is 13.8 Å². The van der Waals surface area contributed by atoms with Crippen molar-refractivity contribution in [3.05, 3.63) is 65.8 Å². The zero-order valence-electron chi connectivity index (χ0n) is 10.2. The molecule has 88 valence electrons. The molecule has 2 nitrogen and oxygen atoms in total. The molecule has 0 aliphatic heterocycles. The molecule has 0 bridgehead atoms. The molecule has 0 fully saturated rings. The summed E-state index contributed by atoms with van der Waals surface area (Å²) < 4.78 is 0. The maximum Gasteiger partial charge on any atom is 0.248 e. The molecule has 0 saturated carbocycles. The average molecular weight is 227 g/mol. The lowest BCUT2D eigenvalue weighted by Crippen LogP contribution is -2.12. The highest BCUT2D eigenvalue weighted by Crippen LogP contribution is 2.18. The molecule has 0 aliphatic rings. The minimum Gasteiger partial charge on any atom is -0.366 e. The van der Waals surface area contributed by atoms with Crippen molar-refractivity contribution in [3.63, 3.8) is 0 Å². The number of benzene rings is 1. The van der Waals surface area contributed by atoms with E-state index in [1.54, 1.807) is 6.08 Å². The van der Waals surface area contributed by atoms with Gasteiger partial charge in [-0.25, -0.2) is 0 Å². The highest BCUT2D eigenvalue weighted by atomic mass is 16.1. The van der Waals surface area contributed by atoms with Gasteiger partial charge in [0.25, 0.3) is 0 Å². The van der Waals surface area contributed by atoms with E-state index in [0.29, 0.717) is 5.57 Å². The zero-order valence-corrected chi connectivity index (χ0v) is 10.2. The number of hydrogen-bond acceptors (Lipinski definition) is 1. The van der Waals surface area contributed by atoms with E-state index in [1.807, 2.05) is 44.2 Å². The minimum atomic E-state index is -0.466. The Morgan fingerprint density at radius 1 is 1.29 bits per heavy atom. The second-order valence-electron chi connectivity index (χ2n) is 3.78. The predicted octanol–water partition coefficient (Wildman–Crippen LogP) is 3.00. The van der Waals surface area contributed by atoms with Gasteiger partial charge in [0.15, 0.2) is 0 Å². The number of amides is 1. The van der Waals surface area contributed by atoms with Crippen LogP contribution in [-0.4, -0.2) is 5.91 Å². The van der Waals surface area contributed by atoms with E-state index in [4.69, 9.17) is 5.73 Å². The van der Waals surface area contributed by atoms with Crippen molar-refractivity contribution in [2.75, 3.05) is 0 Å². The Morgan fingerprint density at radius 3 is 2.29 bits per heavy atom. The van der Waals surface area contributed by atoms with E-state index in [1.165, 1.54) is 11.6 Å². The van der Waals surface area contributed by atoms with Gasteiger partial charge in [0, 0.05) is 5.57 Å². The molecule has 0 heterocycles. The molecule has 17 heavy (non-hydrogen) atoms. The number of primary amides is 1. The summed E-state index contributed by atoms with van der Waals surface area (Å²) in [6, 6.07) is 8.10. The highest BCUT2D eigenvalue weighted by molar-refractivity contribution is 5.97. The second kappa shape index (κ2) is 5.85.